The zero-order valence-electron chi connectivity index (χ0n) is 15.8. The normalized spacial score (nSPS) is 19.0. The largest absolute Gasteiger partial charge is 0.391 e. The Kier molecular flexibility index (Phi) is 7.34. The smallest absolute Gasteiger partial charge is 0.123 e. The first-order valence-corrected chi connectivity index (χ1v) is 10.2. The van der Waals surface area contributed by atoms with E-state index in [0.29, 0.717) is 19.6 Å². The van der Waals surface area contributed by atoms with E-state index in [9.17, 15) is 4.39 Å². The highest BCUT2D eigenvalue weighted by atomic mass is 32.1. The molecule has 0 aliphatic carbocycles. The predicted octanol–water partition coefficient (Wildman–Crippen LogP) is 4.58. The third kappa shape index (κ3) is 5.97. The van der Waals surface area contributed by atoms with Crippen molar-refractivity contribution < 1.29 is 19.3 Å². The zero-order valence-corrected chi connectivity index (χ0v) is 16.7. The molecule has 1 fully saturated rings. The summed E-state index contributed by atoms with van der Waals surface area (Å²) in [6, 6.07) is 19.4. The molecular weight excluding hydrogens is 375 g/mol. The zero-order chi connectivity index (χ0) is 19.9. The lowest BCUT2D eigenvalue weighted by atomic mass is 10.1. The van der Waals surface area contributed by atoms with E-state index in [-0.39, 0.29) is 5.82 Å². The van der Waals surface area contributed by atoms with Crippen LogP contribution in [0.5, 0.6) is 0 Å². The van der Waals surface area contributed by atoms with E-state index in [1.54, 1.807) is 11.3 Å². The fraction of sp³-hybridized carbons (Fsp3) is 0.304. The van der Waals surface area contributed by atoms with Crippen LogP contribution in [0.2, 0.25) is 0 Å². The van der Waals surface area contributed by atoms with Crippen molar-refractivity contribution in [2.24, 2.45) is 0 Å². The minimum atomic E-state index is -0.459. The van der Waals surface area contributed by atoms with E-state index in [4.69, 9.17) is 14.9 Å². The number of hydrogen-bond acceptors (Lipinski definition) is 4. The third-order valence-electron chi connectivity index (χ3n) is 4.58. The molecule has 0 spiro atoms. The number of aliphatic hydroxyl groups is 2. The molecule has 1 saturated heterocycles. The van der Waals surface area contributed by atoms with Crippen LogP contribution in [0.25, 0.3) is 10.4 Å². The standard InChI is InChI=1S/C18H15FS.C5H10O3/c1-13-4-2-3-5-15(13)12-17-10-11-18(20-17)14-6-8-16(19)9-7-14;6-4-1-5(7)3-8-2-4/h2-11H,12H2,1H3;4-7H,1-3H2. The summed E-state index contributed by atoms with van der Waals surface area (Å²) in [6.45, 7) is 2.89. The lowest BCUT2D eigenvalue weighted by Crippen LogP contribution is -2.32. The van der Waals surface area contributed by atoms with E-state index in [1.165, 1.54) is 33.0 Å². The molecule has 148 valence electrons. The summed E-state index contributed by atoms with van der Waals surface area (Å²) < 4.78 is 17.7. The molecule has 1 aliphatic rings. The summed E-state index contributed by atoms with van der Waals surface area (Å²) in [6.07, 6.45) is 0.496. The first-order valence-electron chi connectivity index (χ1n) is 9.34. The third-order valence-corrected chi connectivity index (χ3v) is 5.72. The van der Waals surface area contributed by atoms with Crippen molar-refractivity contribution in [3.8, 4) is 10.4 Å². The van der Waals surface area contributed by atoms with Crippen LogP contribution in [0.3, 0.4) is 0 Å². The lowest BCUT2D eigenvalue weighted by Gasteiger charge is -2.21. The van der Waals surface area contributed by atoms with E-state index in [0.717, 1.165) is 12.0 Å². The summed E-state index contributed by atoms with van der Waals surface area (Å²) in [5.41, 5.74) is 3.76. The molecule has 28 heavy (non-hydrogen) atoms. The fourth-order valence-electron chi connectivity index (χ4n) is 3.03. The van der Waals surface area contributed by atoms with E-state index in [2.05, 4.69) is 43.3 Å². The Hall–Kier alpha value is -2.05. The van der Waals surface area contributed by atoms with Crippen LogP contribution in [-0.2, 0) is 11.2 Å². The molecule has 0 radical (unpaired) electrons. The molecule has 2 aromatic carbocycles. The second-order valence-corrected chi connectivity index (χ2v) is 8.13. The molecule has 0 amide bonds. The van der Waals surface area contributed by atoms with Gasteiger partial charge in [-0.25, -0.2) is 4.39 Å². The topological polar surface area (TPSA) is 49.7 Å². The van der Waals surface area contributed by atoms with Gasteiger partial charge in [0.15, 0.2) is 0 Å². The van der Waals surface area contributed by atoms with Crippen LogP contribution >= 0.6 is 11.3 Å². The fourth-order valence-corrected chi connectivity index (χ4v) is 4.06. The first kappa shape index (κ1) is 20.7. The molecule has 5 heteroatoms. The average molecular weight is 401 g/mol. The molecule has 0 bridgehead atoms. The quantitative estimate of drug-likeness (QED) is 0.677. The molecule has 1 aromatic heterocycles. The van der Waals surface area contributed by atoms with Gasteiger partial charge in [-0.2, -0.15) is 0 Å². The van der Waals surface area contributed by atoms with E-state index >= 15 is 0 Å². The number of rotatable bonds is 3. The maximum Gasteiger partial charge on any atom is 0.123 e. The van der Waals surface area contributed by atoms with Crippen molar-refractivity contribution >= 4 is 11.3 Å². The number of ether oxygens (including phenoxy) is 1. The Morgan fingerprint density at radius 1 is 0.964 bits per heavy atom. The lowest BCUT2D eigenvalue weighted by molar-refractivity contribution is -0.0714. The molecule has 3 aromatic rings. The summed E-state index contributed by atoms with van der Waals surface area (Å²) in [7, 11) is 0. The number of benzene rings is 2. The first-order chi connectivity index (χ1) is 13.5. The minimum Gasteiger partial charge on any atom is -0.391 e. The van der Waals surface area contributed by atoms with Crippen molar-refractivity contribution in [2.45, 2.75) is 32.0 Å². The van der Waals surface area contributed by atoms with Gasteiger partial charge >= 0.3 is 0 Å². The van der Waals surface area contributed by atoms with Crippen molar-refractivity contribution in [2.75, 3.05) is 13.2 Å². The molecule has 2 unspecified atom stereocenters. The molecule has 2 N–H and O–H groups in total. The van der Waals surface area contributed by atoms with Gasteiger partial charge < -0.3 is 14.9 Å². The number of thiophene rings is 1. The monoisotopic (exact) mass is 400 g/mol. The van der Waals surface area contributed by atoms with Gasteiger partial charge in [0, 0.05) is 22.6 Å². The van der Waals surface area contributed by atoms with Gasteiger partial charge in [0.1, 0.15) is 5.82 Å². The Morgan fingerprint density at radius 2 is 1.64 bits per heavy atom. The molecule has 2 atom stereocenters. The number of hydrogen-bond donors (Lipinski definition) is 2. The Labute approximate surface area is 169 Å². The molecule has 2 heterocycles. The van der Waals surface area contributed by atoms with Gasteiger partial charge in [-0.3, -0.25) is 0 Å². The van der Waals surface area contributed by atoms with Gasteiger partial charge in [-0.15, -0.1) is 11.3 Å². The predicted molar refractivity (Wildman–Crippen MR) is 111 cm³/mol. The van der Waals surface area contributed by atoms with Gasteiger partial charge in [0.2, 0.25) is 0 Å². The highest BCUT2D eigenvalue weighted by Gasteiger charge is 2.17. The Bertz CT molecular complexity index is 868. The molecular formula is C23H25FO3S. The number of aliphatic hydroxyl groups excluding tert-OH is 2. The van der Waals surface area contributed by atoms with Crippen molar-refractivity contribution in [3.05, 3.63) is 82.5 Å². The van der Waals surface area contributed by atoms with Gasteiger partial charge in [-0.1, -0.05) is 36.4 Å². The maximum absolute atomic E-state index is 12.9. The Morgan fingerprint density at radius 3 is 2.25 bits per heavy atom. The van der Waals surface area contributed by atoms with Gasteiger partial charge in [0.05, 0.1) is 25.4 Å². The SMILES string of the molecule is Cc1ccccc1Cc1ccc(-c2ccc(F)cc2)s1.OC1COCC(O)C1. The van der Waals surface area contributed by atoms with E-state index in [1.807, 2.05) is 12.1 Å². The van der Waals surface area contributed by atoms with Crippen molar-refractivity contribution in [1.82, 2.24) is 0 Å². The summed E-state index contributed by atoms with van der Waals surface area (Å²) in [5, 5.41) is 17.6. The van der Waals surface area contributed by atoms with Crippen molar-refractivity contribution in [1.29, 1.82) is 0 Å². The average Bonchev–Trinajstić information content (AvgIpc) is 3.13. The molecule has 4 rings (SSSR count). The second kappa shape index (κ2) is 9.94. The van der Waals surface area contributed by atoms with Gasteiger partial charge in [0.25, 0.3) is 0 Å². The molecule has 0 saturated carbocycles. The van der Waals surface area contributed by atoms with Crippen LogP contribution in [0.1, 0.15) is 22.4 Å². The van der Waals surface area contributed by atoms with Crippen LogP contribution in [-0.4, -0.2) is 35.6 Å². The Balaban J connectivity index is 0.000000236. The second-order valence-electron chi connectivity index (χ2n) is 6.96. The maximum atomic E-state index is 12.9. The van der Waals surface area contributed by atoms with E-state index < -0.39 is 12.2 Å². The van der Waals surface area contributed by atoms with Crippen LogP contribution in [0.4, 0.5) is 4.39 Å². The van der Waals surface area contributed by atoms with Crippen LogP contribution in [0, 0.1) is 12.7 Å². The molecule has 1 aliphatic heterocycles. The van der Waals surface area contributed by atoms with Crippen LogP contribution < -0.4 is 0 Å². The highest BCUT2D eigenvalue weighted by Crippen LogP contribution is 2.30. The number of halogens is 1. The van der Waals surface area contributed by atoms with Crippen molar-refractivity contribution in [3.63, 3.8) is 0 Å². The van der Waals surface area contributed by atoms with Crippen LogP contribution in [0.15, 0.2) is 60.7 Å². The molecule has 3 nitrogen and oxygen atoms in total. The highest BCUT2D eigenvalue weighted by molar-refractivity contribution is 7.15. The summed E-state index contributed by atoms with van der Waals surface area (Å²) in [4.78, 5) is 2.52. The number of aryl methyl sites for hydroxylation is 1. The summed E-state index contributed by atoms with van der Waals surface area (Å²) in [5.74, 6) is -0.189. The summed E-state index contributed by atoms with van der Waals surface area (Å²) >= 11 is 1.77. The minimum absolute atomic E-state index is 0.189. The van der Waals surface area contributed by atoms with Gasteiger partial charge in [-0.05, 0) is 47.9 Å².